The molecule has 1 aliphatic heterocycles. The number of aryl methyl sites for hydroxylation is 1. The van der Waals surface area contributed by atoms with Gasteiger partial charge < -0.3 is 16.2 Å². The number of carbonyl (C=O) groups is 2. The normalized spacial score (nSPS) is 16.9. The zero-order valence-corrected chi connectivity index (χ0v) is 14.0. The number of carbonyl (C=O) groups excluding carboxylic acids is 1. The maximum Gasteiger partial charge on any atom is 0.303 e. The van der Waals surface area contributed by atoms with Crippen molar-refractivity contribution in [2.24, 2.45) is 11.7 Å². The Kier molecular flexibility index (Phi) is 7.33. The van der Waals surface area contributed by atoms with Crippen LogP contribution in [0.3, 0.4) is 0 Å². The molecule has 2 rings (SSSR count). The monoisotopic (exact) mass is 337 g/mol. The number of Topliss-reactive ketones (excluding diaryl/α,β-unsaturated/α-hetero) is 1. The number of nitrogens with two attached hydrogens (primary N) is 1. The van der Waals surface area contributed by atoms with Crippen molar-refractivity contribution in [3.8, 4) is 0 Å². The molecule has 0 radical (unpaired) electrons. The van der Waals surface area contributed by atoms with Crippen molar-refractivity contribution < 1.29 is 14.7 Å². The van der Waals surface area contributed by atoms with E-state index in [1.807, 2.05) is 0 Å². The average Bonchev–Trinajstić information content (AvgIpc) is 3.06. The second kappa shape index (κ2) is 9.48. The Morgan fingerprint density at radius 1 is 1.38 bits per heavy atom. The van der Waals surface area contributed by atoms with Gasteiger partial charge in [0.25, 0.3) is 0 Å². The van der Waals surface area contributed by atoms with Crippen molar-refractivity contribution in [2.75, 3.05) is 19.6 Å². The number of aromatic nitrogens is 3. The van der Waals surface area contributed by atoms with E-state index in [1.54, 1.807) is 10.9 Å². The summed E-state index contributed by atoms with van der Waals surface area (Å²) in [6.45, 7) is 2.34. The highest BCUT2D eigenvalue weighted by atomic mass is 16.4. The van der Waals surface area contributed by atoms with Gasteiger partial charge in [0.15, 0.2) is 5.78 Å². The van der Waals surface area contributed by atoms with Gasteiger partial charge in [0.2, 0.25) is 0 Å². The molecule has 8 heteroatoms. The van der Waals surface area contributed by atoms with Gasteiger partial charge in [-0.15, -0.1) is 5.10 Å². The number of hydrogen-bond donors (Lipinski definition) is 3. The number of carboxylic acid groups (broad SMARTS) is 1. The van der Waals surface area contributed by atoms with Gasteiger partial charge in [-0.3, -0.25) is 9.59 Å². The van der Waals surface area contributed by atoms with Crippen molar-refractivity contribution >= 4 is 11.8 Å². The molecule has 4 N–H and O–H groups in total. The number of aliphatic carboxylic acids is 1. The van der Waals surface area contributed by atoms with E-state index in [1.165, 1.54) is 0 Å². The Bertz CT molecular complexity index is 540. The van der Waals surface area contributed by atoms with Crippen LogP contribution in [0.5, 0.6) is 0 Å². The van der Waals surface area contributed by atoms with Crippen molar-refractivity contribution in [3.05, 3.63) is 11.9 Å². The van der Waals surface area contributed by atoms with E-state index in [9.17, 15) is 9.59 Å². The first-order valence-electron chi connectivity index (χ1n) is 8.69. The average molecular weight is 337 g/mol. The number of rotatable bonds is 10. The number of nitrogens with one attached hydrogen (secondary N) is 1. The third-order valence-electron chi connectivity index (χ3n) is 4.47. The summed E-state index contributed by atoms with van der Waals surface area (Å²) in [5, 5.41) is 20.2. The van der Waals surface area contributed by atoms with E-state index in [0.29, 0.717) is 25.1 Å². The van der Waals surface area contributed by atoms with Gasteiger partial charge in [0, 0.05) is 18.5 Å². The predicted molar refractivity (Wildman–Crippen MR) is 88.5 cm³/mol. The van der Waals surface area contributed by atoms with Crippen molar-refractivity contribution in [1.29, 1.82) is 0 Å². The molecule has 1 aromatic rings. The number of hydrogen-bond acceptors (Lipinski definition) is 6. The topological polar surface area (TPSA) is 123 Å². The lowest BCUT2D eigenvalue weighted by Gasteiger charge is -2.26. The molecule has 8 nitrogen and oxygen atoms in total. The summed E-state index contributed by atoms with van der Waals surface area (Å²) in [5.74, 6) is -0.598. The molecular formula is C16H27N5O3. The summed E-state index contributed by atoms with van der Waals surface area (Å²) in [6.07, 6.45) is 6.19. The Balaban J connectivity index is 2.06. The number of carboxylic acids is 1. The standard InChI is InChI=1S/C16H27N5O3/c17-8-2-1-3-14(16(24)12-6-9-18-10-7-12)21-11-13(19-20-21)4-5-15(22)23/h11-12,14,18H,1-10,17H2,(H,22,23)/t14-/m0/s1. The van der Waals surface area contributed by atoms with Gasteiger partial charge in [-0.2, -0.15) is 0 Å². The quantitative estimate of drug-likeness (QED) is 0.532. The lowest BCUT2D eigenvalue weighted by atomic mass is 9.88. The Morgan fingerprint density at radius 2 is 2.12 bits per heavy atom. The minimum absolute atomic E-state index is 0.0127. The van der Waals surface area contributed by atoms with Crippen LogP contribution in [0.15, 0.2) is 6.20 Å². The number of nitrogens with zero attached hydrogens (tertiary/aromatic N) is 3. The fraction of sp³-hybridized carbons (Fsp3) is 0.750. The van der Waals surface area contributed by atoms with Crippen LogP contribution in [0.25, 0.3) is 0 Å². The summed E-state index contributed by atoms with van der Waals surface area (Å²) in [4.78, 5) is 23.6. The maximum absolute atomic E-state index is 12.9. The Morgan fingerprint density at radius 3 is 2.79 bits per heavy atom. The summed E-state index contributed by atoms with van der Waals surface area (Å²) < 4.78 is 1.62. The minimum Gasteiger partial charge on any atom is -0.481 e. The number of piperidine rings is 1. The van der Waals surface area contributed by atoms with Crippen LogP contribution in [-0.2, 0) is 16.0 Å². The molecule has 1 saturated heterocycles. The van der Waals surface area contributed by atoms with Crippen LogP contribution in [0.1, 0.15) is 50.3 Å². The van der Waals surface area contributed by atoms with Gasteiger partial charge >= 0.3 is 5.97 Å². The third-order valence-corrected chi connectivity index (χ3v) is 4.47. The van der Waals surface area contributed by atoms with Gasteiger partial charge in [-0.05, 0) is 51.7 Å². The summed E-state index contributed by atoms with van der Waals surface area (Å²) in [7, 11) is 0. The zero-order valence-electron chi connectivity index (χ0n) is 14.0. The lowest BCUT2D eigenvalue weighted by Crippen LogP contribution is -2.35. The van der Waals surface area contributed by atoms with Crippen molar-refractivity contribution in [2.45, 2.75) is 51.0 Å². The minimum atomic E-state index is -0.866. The van der Waals surface area contributed by atoms with Crippen LogP contribution in [0.2, 0.25) is 0 Å². The van der Waals surface area contributed by atoms with E-state index in [-0.39, 0.29) is 24.2 Å². The van der Waals surface area contributed by atoms with Crippen LogP contribution in [0, 0.1) is 5.92 Å². The second-order valence-corrected chi connectivity index (χ2v) is 6.31. The zero-order chi connectivity index (χ0) is 17.4. The van der Waals surface area contributed by atoms with Gasteiger partial charge in [0.1, 0.15) is 6.04 Å². The number of unbranched alkanes of at least 4 members (excludes halogenated alkanes) is 1. The van der Waals surface area contributed by atoms with Gasteiger partial charge in [-0.25, -0.2) is 4.68 Å². The van der Waals surface area contributed by atoms with Crippen LogP contribution in [-0.4, -0.2) is 51.5 Å². The van der Waals surface area contributed by atoms with Gasteiger partial charge in [-0.1, -0.05) is 5.21 Å². The molecule has 1 aromatic heterocycles. The molecule has 134 valence electrons. The molecule has 2 heterocycles. The molecule has 0 amide bonds. The van der Waals surface area contributed by atoms with E-state index < -0.39 is 5.97 Å². The molecular weight excluding hydrogens is 310 g/mol. The summed E-state index contributed by atoms with van der Waals surface area (Å²) in [5.41, 5.74) is 6.17. The largest absolute Gasteiger partial charge is 0.481 e. The van der Waals surface area contributed by atoms with E-state index in [4.69, 9.17) is 10.8 Å². The predicted octanol–water partition coefficient (Wildman–Crippen LogP) is 0.534. The smallest absolute Gasteiger partial charge is 0.303 e. The molecule has 0 aromatic carbocycles. The SMILES string of the molecule is NCCCC[C@@H](C(=O)C1CCNCC1)n1cc(CCC(=O)O)nn1. The first-order chi connectivity index (χ1) is 11.6. The van der Waals surface area contributed by atoms with Crippen molar-refractivity contribution in [1.82, 2.24) is 20.3 Å². The second-order valence-electron chi connectivity index (χ2n) is 6.31. The first kappa shape index (κ1) is 18.5. The lowest BCUT2D eigenvalue weighted by molar-refractivity contribution is -0.137. The Hall–Kier alpha value is -1.80. The van der Waals surface area contributed by atoms with Crippen LogP contribution in [0.4, 0.5) is 0 Å². The number of ketones is 1. The summed E-state index contributed by atoms with van der Waals surface area (Å²) >= 11 is 0. The van der Waals surface area contributed by atoms with E-state index in [2.05, 4.69) is 15.6 Å². The molecule has 0 saturated carbocycles. The molecule has 1 fully saturated rings. The fourth-order valence-electron chi connectivity index (χ4n) is 3.08. The molecule has 1 atom stereocenters. The maximum atomic E-state index is 12.9. The molecule has 0 bridgehead atoms. The highest BCUT2D eigenvalue weighted by molar-refractivity contribution is 5.85. The Labute approximate surface area is 141 Å². The van der Waals surface area contributed by atoms with E-state index >= 15 is 0 Å². The highest BCUT2D eigenvalue weighted by Crippen LogP contribution is 2.24. The summed E-state index contributed by atoms with van der Waals surface area (Å²) in [6, 6.07) is -0.328. The molecule has 24 heavy (non-hydrogen) atoms. The molecule has 1 aliphatic rings. The molecule has 0 spiro atoms. The van der Waals surface area contributed by atoms with Crippen molar-refractivity contribution in [3.63, 3.8) is 0 Å². The van der Waals surface area contributed by atoms with Crippen LogP contribution >= 0.6 is 0 Å². The van der Waals surface area contributed by atoms with Gasteiger partial charge in [0.05, 0.1) is 12.1 Å². The van der Waals surface area contributed by atoms with Crippen LogP contribution < -0.4 is 11.1 Å². The van der Waals surface area contributed by atoms with E-state index in [0.717, 1.165) is 38.8 Å². The highest BCUT2D eigenvalue weighted by Gasteiger charge is 2.29. The third kappa shape index (κ3) is 5.38. The molecule has 0 aliphatic carbocycles. The first-order valence-corrected chi connectivity index (χ1v) is 8.69. The fourth-order valence-corrected chi connectivity index (χ4v) is 3.08. The molecule has 0 unspecified atom stereocenters.